The van der Waals surface area contributed by atoms with Gasteiger partial charge < -0.3 is 10.2 Å². The normalized spacial score (nSPS) is 12.6. The minimum absolute atomic E-state index is 0.000838. The van der Waals surface area contributed by atoms with Gasteiger partial charge in [0.05, 0.1) is 0 Å². The van der Waals surface area contributed by atoms with Crippen molar-refractivity contribution in [2.45, 2.75) is 58.3 Å². The van der Waals surface area contributed by atoms with Crippen LogP contribution in [-0.4, -0.2) is 10.2 Å². The lowest BCUT2D eigenvalue weighted by molar-refractivity contribution is 0.402. The zero-order chi connectivity index (χ0) is 12.7. The molecule has 0 saturated carbocycles. The molecule has 0 amide bonds. The van der Waals surface area contributed by atoms with Gasteiger partial charge in [0.25, 0.3) is 0 Å². The number of benzene rings is 1. The molecule has 0 fully saturated rings. The van der Waals surface area contributed by atoms with E-state index in [1.54, 1.807) is 12.1 Å². The van der Waals surface area contributed by atoms with Gasteiger partial charge >= 0.3 is 0 Å². The highest BCUT2D eigenvalue weighted by Gasteiger charge is 2.12. The van der Waals surface area contributed by atoms with E-state index < -0.39 is 0 Å². The summed E-state index contributed by atoms with van der Waals surface area (Å²) in [6, 6.07) is 5.23. The lowest BCUT2D eigenvalue weighted by Gasteiger charge is -2.17. The zero-order valence-corrected chi connectivity index (χ0v) is 10.9. The highest BCUT2D eigenvalue weighted by molar-refractivity contribution is 5.41. The molecule has 0 radical (unpaired) electrons. The first-order valence-corrected chi connectivity index (χ1v) is 6.70. The highest BCUT2D eigenvalue weighted by atomic mass is 16.3. The maximum Gasteiger partial charge on any atom is 0.157 e. The molecule has 0 saturated heterocycles. The molecule has 0 aliphatic heterocycles. The average molecular weight is 236 g/mol. The molecule has 1 atom stereocenters. The predicted molar refractivity (Wildman–Crippen MR) is 71.6 cm³/mol. The predicted octanol–water partition coefficient (Wildman–Crippen LogP) is 4.56. The first-order valence-electron chi connectivity index (χ1n) is 6.70. The van der Waals surface area contributed by atoms with E-state index in [0.717, 1.165) is 18.4 Å². The summed E-state index contributed by atoms with van der Waals surface area (Å²) in [7, 11) is 0. The van der Waals surface area contributed by atoms with E-state index >= 15 is 0 Å². The molecule has 1 unspecified atom stereocenters. The fourth-order valence-corrected chi connectivity index (χ4v) is 2.26. The van der Waals surface area contributed by atoms with Gasteiger partial charge in [-0.2, -0.15) is 0 Å². The Labute approximate surface area is 104 Å². The van der Waals surface area contributed by atoms with E-state index in [2.05, 4.69) is 13.8 Å². The molecule has 2 nitrogen and oxygen atoms in total. The van der Waals surface area contributed by atoms with E-state index in [1.807, 2.05) is 6.07 Å². The van der Waals surface area contributed by atoms with Crippen LogP contribution < -0.4 is 0 Å². The Hall–Kier alpha value is -1.18. The monoisotopic (exact) mass is 236 g/mol. The second-order valence-electron chi connectivity index (χ2n) is 4.73. The first kappa shape index (κ1) is 13.9. The van der Waals surface area contributed by atoms with Gasteiger partial charge in [-0.25, -0.2) is 0 Å². The maximum absolute atomic E-state index is 9.54. The summed E-state index contributed by atoms with van der Waals surface area (Å²) < 4.78 is 0. The summed E-state index contributed by atoms with van der Waals surface area (Å²) in [6.07, 6.45) is 7.21. The van der Waals surface area contributed by atoms with Crippen molar-refractivity contribution in [3.63, 3.8) is 0 Å². The van der Waals surface area contributed by atoms with Crippen LogP contribution in [0.3, 0.4) is 0 Å². The number of aromatic hydroxyl groups is 2. The van der Waals surface area contributed by atoms with Crippen LogP contribution in [-0.2, 0) is 0 Å². The third-order valence-corrected chi connectivity index (χ3v) is 3.26. The van der Waals surface area contributed by atoms with Crippen LogP contribution in [0.5, 0.6) is 11.5 Å². The fraction of sp³-hybridized carbons (Fsp3) is 0.600. The van der Waals surface area contributed by atoms with Gasteiger partial charge in [0.1, 0.15) is 0 Å². The Kier molecular flexibility index (Phi) is 5.88. The van der Waals surface area contributed by atoms with Crippen molar-refractivity contribution in [1.29, 1.82) is 0 Å². The number of unbranched alkanes of at least 4 members (excludes halogenated alkanes) is 2. The van der Waals surface area contributed by atoms with E-state index in [-0.39, 0.29) is 11.5 Å². The second-order valence-corrected chi connectivity index (χ2v) is 4.73. The van der Waals surface area contributed by atoms with Gasteiger partial charge in [0, 0.05) is 0 Å². The fourth-order valence-electron chi connectivity index (χ4n) is 2.26. The Balaban J connectivity index is 2.70. The Morgan fingerprint density at radius 3 is 2.29 bits per heavy atom. The molecule has 2 N–H and O–H groups in total. The standard InChI is InChI=1S/C15H24O2/c1-3-5-6-8-12(7-4-2)13-9-10-14(16)15(17)11-13/h9-12,16-17H,3-8H2,1-2H3. The molecule has 1 aromatic carbocycles. The van der Waals surface area contributed by atoms with Crippen LogP contribution in [0.15, 0.2) is 18.2 Å². The van der Waals surface area contributed by atoms with Gasteiger partial charge in [0.15, 0.2) is 11.5 Å². The van der Waals surface area contributed by atoms with Gasteiger partial charge in [-0.05, 0) is 36.5 Å². The lowest BCUT2D eigenvalue weighted by atomic mass is 9.89. The Bertz CT molecular complexity index is 334. The minimum Gasteiger partial charge on any atom is -0.504 e. The van der Waals surface area contributed by atoms with Gasteiger partial charge in [-0.15, -0.1) is 0 Å². The van der Waals surface area contributed by atoms with E-state index in [0.29, 0.717) is 5.92 Å². The van der Waals surface area contributed by atoms with Crippen molar-refractivity contribution in [2.24, 2.45) is 0 Å². The molecular weight excluding hydrogens is 212 g/mol. The molecule has 0 aromatic heterocycles. The van der Waals surface area contributed by atoms with Crippen molar-refractivity contribution in [1.82, 2.24) is 0 Å². The quantitative estimate of drug-likeness (QED) is 0.538. The lowest BCUT2D eigenvalue weighted by Crippen LogP contribution is -1.98. The number of phenols is 2. The maximum atomic E-state index is 9.54. The Morgan fingerprint density at radius 1 is 0.941 bits per heavy atom. The van der Waals surface area contributed by atoms with Crippen molar-refractivity contribution >= 4 is 0 Å². The highest BCUT2D eigenvalue weighted by Crippen LogP contribution is 2.33. The summed E-state index contributed by atoms with van der Waals surface area (Å²) >= 11 is 0. The average Bonchev–Trinajstić information content (AvgIpc) is 2.32. The number of rotatable bonds is 7. The number of hydrogen-bond donors (Lipinski definition) is 2. The van der Waals surface area contributed by atoms with Crippen LogP contribution in [0.4, 0.5) is 0 Å². The summed E-state index contributed by atoms with van der Waals surface area (Å²) in [5.74, 6) is 0.481. The van der Waals surface area contributed by atoms with Crippen LogP contribution in [0.1, 0.15) is 63.9 Å². The van der Waals surface area contributed by atoms with Crippen molar-refractivity contribution in [3.05, 3.63) is 23.8 Å². The molecule has 0 spiro atoms. The van der Waals surface area contributed by atoms with Crippen molar-refractivity contribution < 1.29 is 10.2 Å². The van der Waals surface area contributed by atoms with E-state index in [1.165, 1.54) is 25.7 Å². The SMILES string of the molecule is CCCCCC(CCC)c1ccc(O)c(O)c1. The molecule has 0 aliphatic carbocycles. The molecule has 0 aliphatic rings. The molecule has 96 valence electrons. The molecule has 17 heavy (non-hydrogen) atoms. The van der Waals surface area contributed by atoms with Crippen molar-refractivity contribution in [3.8, 4) is 11.5 Å². The molecule has 0 heterocycles. The van der Waals surface area contributed by atoms with E-state index in [9.17, 15) is 10.2 Å². The van der Waals surface area contributed by atoms with E-state index in [4.69, 9.17) is 0 Å². The zero-order valence-electron chi connectivity index (χ0n) is 10.9. The number of hydrogen-bond acceptors (Lipinski definition) is 2. The molecule has 2 heteroatoms. The first-order chi connectivity index (χ1) is 8.19. The largest absolute Gasteiger partial charge is 0.504 e. The van der Waals surface area contributed by atoms with Crippen LogP contribution >= 0.6 is 0 Å². The third-order valence-electron chi connectivity index (χ3n) is 3.26. The second kappa shape index (κ2) is 7.21. The van der Waals surface area contributed by atoms with Crippen LogP contribution in [0.25, 0.3) is 0 Å². The van der Waals surface area contributed by atoms with Gasteiger partial charge in [-0.3, -0.25) is 0 Å². The minimum atomic E-state index is -0.0300. The van der Waals surface area contributed by atoms with Gasteiger partial charge in [0.2, 0.25) is 0 Å². The summed E-state index contributed by atoms with van der Waals surface area (Å²) in [5, 5.41) is 18.9. The smallest absolute Gasteiger partial charge is 0.157 e. The third kappa shape index (κ3) is 4.29. The van der Waals surface area contributed by atoms with Crippen LogP contribution in [0.2, 0.25) is 0 Å². The summed E-state index contributed by atoms with van der Waals surface area (Å²) in [6.45, 7) is 4.40. The van der Waals surface area contributed by atoms with Gasteiger partial charge in [-0.1, -0.05) is 45.6 Å². The van der Waals surface area contributed by atoms with Crippen LogP contribution in [0, 0.1) is 0 Å². The summed E-state index contributed by atoms with van der Waals surface area (Å²) in [5.41, 5.74) is 1.15. The molecular formula is C15H24O2. The van der Waals surface area contributed by atoms with Crippen molar-refractivity contribution in [2.75, 3.05) is 0 Å². The molecule has 1 rings (SSSR count). The Morgan fingerprint density at radius 2 is 1.71 bits per heavy atom. The summed E-state index contributed by atoms with van der Waals surface area (Å²) in [4.78, 5) is 0. The number of phenolic OH excluding ortho intramolecular Hbond substituents is 2. The molecule has 0 bridgehead atoms. The topological polar surface area (TPSA) is 40.5 Å². The molecule has 1 aromatic rings.